The van der Waals surface area contributed by atoms with Crippen LogP contribution >= 0.6 is 23.8 Å². The fourth-order valence-electron chi connectivity index (χ4n) is 3.46. The molecule has 0 radical (unpaired) electrons. The van der Waals surface area contributed by atoms with Gasteiger partial charge >= 0.3 is 6.09 Å². The first-order valence-corrected chi connectivity index (χ1v) is 12.2. The van der Waals surface area contributed by atoms with E-state index in [2.05, 4.69) is 5.32 Å². The van der Waals surface area contributed by atoms with E-state index in [1.165, 1.54) is 14.1 Å². The fourth-order valence-corrected chi connectivity index (χ4v) is 4.82. The van der Waals surface area contributed by atoms with Crippen molar-refractivity contribution in [3.8, 4) is 0 Å². The monoisotopic (exact) mass is 496 g/mol. The van der Waals surface area contributed by atoms with Crippen LogP contribution in [0.2, 0.25) is 0 Å². The number of amides is 1. The topological polar surface area (TPSA) is 82.2 Å². The van der Waals surface area contributed by atoms with Crippen molar-refractivity contribution in [2.24, 2.45) is 0 Å². The highest BCUT2D eigenvalue weighted by atomic mass is 35.5. The molecule has 2 aliphatic rings. The molecule has 31 heavy (non-hydrogen) atoms. The first kappa shape index (κ1) is 23.9. The van der Waals surface area contributed by atoms with Crippen molar-refractivity contribution in [1.82, 2.24) is 9.62 Å². The van der Waals surface area contributed by atoms with Gasteiger partial charge in [-0.3, -0.25) is 4.90 Å². The first-order chi connectivity index (χ1) is 14.7. The minimum Gasteiger partial charge on any atom is -0.442 e. The molecule has 2 aliphatic heterocycles. The van der Waals surface area contributed by atoms with Crippen molar-refractivity contribution in [3.63, 3.8) is 0 Å². The van der Waals surface area contributed by atoms with E-state index >= 15 is 0 Å². The van der Waals surface area contributed by atoms with Gasteiger partial charge in [0.05, 0.1) is 23.8 Å². The van der Waals surface area contributed by atoms with Crippen LogP contribution in [-0.4, -0.2) is 74.4 Å². The number of nitrogens with one attached hydrogen (secondary N) is 1. The zero-order chi connectivity index (χ0) is 22.8. The van der Waals surface area contributed by atoms with Gasteiger partial charge in [-0.15, -0.1) is 11.6 Å². The van der Waals surface area contributed by atoms with Crippen molar-refractivity contribution in [2.45, 2.75) is 19.4 Å². The molecule has 1 aromatic rings. The van der Waals surface area contributed by atoms with Gasteiger partial charge in [0, 0.05) is 38.3 Å². The molecule has 2 heterocycles. The molecule has 3 rings (SSSR count). The number of nitrogens with zero attached hydrogens (tertiary/aromatic N) is 3. The lowest BCUT2D eigenvalue weighted by Gasteiger charge is -2.35. The summed E-state index contributed by atoms with van der Waals surface area (Å²) < 4.78 is 59.8. The standard InChI is InChI=1S/C18H23ClF2N4O4S2/c1-2-16(30)22-9-13-10-25(18(26)29-13)12-7-14(20)17(15(21)8-12)23-3-5-24(6-4-23)31(27,28)11-19/h7-8,13H,2-6,9-11H2,1H3,(H,22,30)/t13-/m0/s1. The fraction of sp³-hybridized carbons (Fsp3) is 0.556. The van der Waals surface area contributed by atoms with E-state index in [1.54, 1.807) is 0 Å². The van der Waals surface area contributed by atoms with Crippen LogP contribution in [0.3, 0.4) is 0 Å². The third-order valence-corrected chi connectivity index (χ3v) is 7.81. The van der Waals surface area contributed by atoms with E-state index in [1.807, 2.05) is 6.92 Å². The molecule has 0 unspecified atom stereocenters. The van der Waals surface area contributed by atoms with E-state index in [0.29, 0.717) is 18.0 Å². The summed E-state index contributed by atoms with van der Waals surface area (Å²) in [6.45, 7) is 2.70. The van der Waals surface area contributed by atoms with Gasteiger partial charge in [-0.2, -0.15) is 4.31 Å². The number of thiocarbonyl (C=S) groups is 1. The lowest BCUT2D eigenvalue weighted by atomic mass is 10.2. The molecule has 2 fully saturated rings. The maximum atomic E-state index is 14.8. The van der Waals surface area contributed by atoms with Crippen LogP contribution in [0.5, 0.6) is 0 Å². The molecule has 1 atom stereocenters. The van der Waals surface area contributed by atoms with Crippen LogP contribution in [-0.2, 0) is 14.8 Å². The van der Waals surface area contributed by atoms with Crippen LogP contribution < -0.4 is 15.1 Å². The average molecular weight is 497 g/mol. The van der Waals surface area contributed by atoms with Gasteiger partial charge in [-0.25, -0.2) is 22.0 Å². The van der Waals surface area contributed by atoms with Crippen LogP contribution in [0, 0.1) is 11.6 Å². The highest BCUT2D eigenvalue weighted by molar-refractivity contribution is 7.90. The van der Waals surface area contributed by atoms with Crippen LogP contribution in [0.4, 0.5) is 25.0 Å². The molecular formula is C18H23ClF2N4O4S2. The summed E-state index contributed by atoms with van der Waals surface area (Å²) in [4.78, 5) is 15.4. The van der Waals surface area contributed by atoms with Gasteiger partial charge in [0.15, 0.2) is 11.6 Å². The minimum atomic E-state index is -3.57. The molecular weight excluding hydrogens is 474 g/mol. The van der Waals surface area contributed by atoms with E-state index in [0.717, 1.165) is 12.1 Å². The number of cyclic esters (lactones) is 1. The van der Waals surface area contributed by atoms with Crippen molar-refractivity contribution < 1.29 is 26.7 Å². The zero-order valence-electron chi connectivity index (χ0n) is 16.8. The summed E-state index contributed by atoms with van der Waals surface area (Å²) >= 11 is 10.5. The molecule has 0 spiro atoms. The third-order valence-electron chi connectivity index (χ3n) is 5.12. The predicted molar refractivity (Wildman–Crippen MR) is 118 cm³/mol. The van der Waals surface area contributed by atoms with Gasteiger partial charge < -0.3 is 15.0 Å². The maximum absolute atomic E-state index is 14.8. The summed E-state index contributed by atoms with van der Waals surface area (Å²) in [6, 6.07) is 2.15. The molecule has 0 bridgehead atoms. The largest absolute Gasteiger partial charge is 0.442 e. The zero-order valence-corrected chi connectivity index (χ0v) is 19.2. The van der Waals surface area contributed by atoms with Gasteiger partial charge in [0.2, 0.25) is 10.0 Å². The Labute approximate surface area is 190 Å². The van der Waals surface area contributed by atoms with Gasteiger partial charge in [-0.1, -0.05) is 19.1 Å². The van der Waals surface area contributed by atoms with Crippen molar-refractivity contribution in [2.75, 3.05) is 54.3 Å². The number of sulfonamides is 1. The van der Waals surface area contributed by atoms with Crippen molar-refractivity contribution in [1.29, 1.82) is 0 Å². The van der Waals surface area contributed by atoms with E-state index in [4.69, 9.17) is 28.6 Å². The molecule has 1 N–H and O–H groups in total. The molecule has 1 aromatic carbocycles. The molecule has 0 aromatic heterocycles. The highest BCUT2D eigenvalue weighted by Crippen LogP contribution is 2.31. The number of hydrogen-bond acceptors (Lipinski definition) is 6. The number of carbonyl (C=O) groups is 1. The number of benzene rings is 1. The number of carbonyl (C=O) groups excluding carboxylic acids is 1. The van der Waals surface area contributed by atoms with Crippen LogP contribution in [0.25, 0.3) is 0 Å². The van der Waals surface area contributed by atoms with E-state index < -0.39 is 39.1 Å². The highest BCUT2D eigenvalue weighted by Gasteiger charge is 2.34. The van der Waals surface area contributed by atoms with Crippen molar-refractivity contribution in [3.05, 3.63) is 23.8 Å². The van der Waals surface area contributed by atoms with Crippen LogP contribution in [0.15, 0.2) is 12.1 Å². The molecule has 0 aliphatic carbocycles. The minimum absolute atomic E-state index is 0.0488. The summed E-state index contributed by atoms with van der Waals surface area (Å²) in [7, 11) is -3.57. The Hall–Kier alpha value is -1.76. The summed E-state index contributed by atoms with van der Waals surface area (Å²) in [5, 5.41) is 2.43. The quantitative estimate of drug-likeness (QED) is 0.458. The summed E-state index contributed by atoms with van der Waals surface area (Å²) in [6.07, 6.45) is -0.538. The lowest BCUT2D eigenvalue weighted by Crippen LogP contribution is -2.49. The molecule has 1 amide bonds. The Morgan fingerprint density at radius 2 is 1.87 bits per heavy atom. The second kappa shape index (κ2) is 9.80. The predicted octanol–water partition coefficient (Wildman–Crippen LogP) is 2.27. The molecule has 2 saturated heterocycles. The van der Waals surface area contributed by atoms with Gasteiger partial charge in [0.1, 0.15) is 17.0 Å². The Balaban J connectivity index is 1.70. The number of hydrogen-bond donors (Lipinski definition) is 1. The third kappa shape index (κ3) is 5.36. The second-order valence-corrected chi connectivity index (χ2v) is 10.2. The Morgan fingerprint density at radius 1 is 1.26 bits per heavy atom. The number of anilines is 2. The first-order valence-electron chi connectivity index (χ1n) is 9.69. The van der Waals surface area contributed by atoms with E-state index in [9.17, 15) is 22.0 Å². The number of piperazine rings is 1. The van der Waals surface area contributed by atoms with Crippen LogP contribution in [0.1, 0.15) is 13.3 Å². The number of ether oxygens (including phenoxy) is 1. The van der Waals surface area contributed by atoms with E-state index in [-0.39, 0.29) is 44.1 Å². The maximum Gasteiger partial charge on any atom is 0.414 e. The Bertz CT molecular complexity index is 935. The second-order valence-electron chi connectivity index (χ2n) is 7.14. The van der Waals surface area contributed by atoms with Gasteiger partial charge in [-0.05, 0) is 6.42 Å². The molecule has 172 valence electrons. The van der Waals surface area contributed by atoms with Gasteiger partial charge in [0.25, 0.3) is 0 Å². The normalized spacial score (nSPS) is 20.1. The molecule has 13 heteroatoms. The number of halogens is 3. The molecule has 8 nitrogen and oxygen atoms in total. The summed E-state index contributed by atoms with van der Waals surface area (Å²) in [5.74, 6) is -1.68. The smallest absolute Gasteiger partial charge is 0.414 e. The van der Waals surface area contributed by atoms with Crippen molar-refractivity contribution >= 4 is 56.3 Å². The Kier molecular flexibility index (Phi) is 7.55. The molecule has 0 saturated carbocycles. The number of alkyl halides is 1. The summed E-state index contributed by atoms with van der Waals surface area (Å²) in [5.41, 5.74) is -0.210. The Morgan fingerprint density at radius 3 is 2.42 bits per heavy atom. The average Bonchev–Trinajstić information content (AvgIpc) is 3.12. The lowest BCUT2D eigenvalue weighted by molar-refractivity contribution is 0.143. The SMILES string of the molecule is CCC(=S)NC[C@H]1CN(c2cc(F)c(N3CCN(S(=O)(=O)CCl)CC3)c(F)c2)C(=O)O1. The number of rotatable bonds is 7.